The van der Waals surface area contributed by atoms with Gasteiger partial charge in [0.15, 0.2) is 0 Å². The van der Waals surface area contributed by atoms with Gasteiger partial charge in [-0.1, -0.05) is 30.3 Å². The molecule has 2 atom stereocenters. The Morgan fingerprint density at radius 2 is 1.83 bits per heavy atom. The molecule has 0 radical (unpaired) electrons. The first-order valence-corrected chi connectivity index (χ1v) is 12.8. The summed E-state index contributed by atoms with van der Waals surface area (Å²) in [6, 6.07) is 5.86. The number of halogens is 4. The Kier molecular flexibility index (Phi) is 6.93. The molecule has 2 N–H and O–H groups in total. The lowest BCUT2D eigenvalue weighted by Crippen LogP contribution is -2.58. The number of nitrogens with zero attached hydrogens (tertiary/aromatic N) is 2. The lowest BCUT2D eigenvalue weighted by Gasteiger charge is -2.40. The van der Waals surface area contributed by atoms with Gasteiger partial charge in [0.25, 0.3) is 22.0 Å². The van der Waals surface area contributed by atoms with Gasteiger partial charge in [-0.2, -0.15) is 17.4 Å². The quantitative estimate of drug-likeness (QED) is 0.540. The molecule has 1 aliphatic carbocycles. The van der Waals surface area contributed by atoms with Gasteiger partial charge in [-0.05, 0) is 48.9 Å². The van der Waals surface area contributed by atoms with Gasteiger partial charge in [0, 0.05) is 19.7 Å². The highest BCUT2D eigenvalue weighted by molar-refractivity contribution is 7.87. The molecule has 2 aliphatic rings. The Morgan fingerprint density at radius 3 is 2.42 bits per heavy atom. The van der Waals surface area contributed by atoms with Crippen molar-refractivity contribution < 1.29 is 35.9 Å². The molecule has 1 saturated carbocycles. The summed E-state index contributed by atoms with van der Waals surface area (Å²) < 4.78 is 87.3. The Balaban J connectivity index is 1.75. The van der Waals surface area contributed by atoms with Crippen LogP contribution in [0.5, 0.6) is 0 Å². The van der Waals surface area contributed by atoms with Crippen LogP contribution < -0.4 is 4.72 Å². The predicted octanol–water partition coefficient (Wildman–Crippen LogP) is 2.70. The summed E-state index contributed by atoms with van der Waals surface area (Å²) >= 11 is 0. The third-order valence-electron chi connectivity index (χ3n) is 6.86. The van der Waals surface area contributed by atoms with Crippen molar-refractivity contribution in [3.05, 3.63) is 59.7 Å². The molecule has 12 heteroatoms. The van der Waals surface area contributed by atoms with Crippen LogP contribution in [0.2, 0.25) is 0 Å². The number of likely N-dealkylation sites (tertiary alicyclic amines) is 1. The molecule has 2 aromatic carbocycles. The van der Waals surface area contributed by atoms with E-state index in [-0.39, 0.29) is 29.5 Å². The van der Waals surface area contributed by atoms with Crippen LogP contribution in [0.3, 0.4) is 0 Å². The molecular weight excluding hydrogens is 502 g/mol. The fourth-order valence-electron chi connectivity index (χ4n) is 4.62. The van der Waals surface area contributed by atoms with Crippen molar-refractivity contribution >= 4 is 16.1 Å². The Bertz CT molecular complexity index is 1270. The van der Waals surface area contributed by atoms with Crippen molar-refractivity contribution in [2.24, 2.45) is 0 Å². The molecule has 4 rings (SSSR count). The molecule has 2 aromatic rings. The first-order chi connectivity index (χ1) is 16.7. The zero-order valence-electron chi connectivity index (χ0n) is 19.7. The van der Waals surface area contributed by atoms with Gasteiger partial charge in [0.1, 0.15) is 23.3 Å². The van der Waals surface area contributed by atoms with E-state index >= 15 is 13.2 Å². The van der Waals surface area contributed by atoms with Crippen LogP contribution in [0.15, 0.2) is 42.5 Å². The number of hydrogen-bond donors (Lipinski definition) is 2. The van der Waals surface area contributed by atoms with E-state index < -0.39 is 64.3 Å². The topological polar surface area (TPSA) is 90.0 Å². The van der Waals surface area contributed by atoms with Gasteiger partial charge in [0.2, 0.25) is 0 Å². The van der Waals surface area contributed by atoms with E-state index in [1.807, 2.05) is 4.72 Å². The maximum atomic E-state index is 15.6. The second-order valence-electron chi connectivity index (χ2n) is 9.52. The molecule has 0 bridgehead atoms. The summed E-state index contributed by atoms with van der Waals surface area (Å²) in [5.41, 5.74) is -1.62. The van der Waals surface area contributed by atoms with Crippen molar-refractivity contribution in [1.29, 1.82) is 0 Å². The van der Waals surface area contributed by atoms with Crippen molar-refractivity contribution in [2.45, 2.75) is 49.3 Å². The monoisotopic (exact) mass is 529 g/mol. The van der Waals surface area contributed by atoms with E-state index in [9.17, 15) is 22.7 Å². The number of aliphatic hydroxyl groups is 1. The van der Waals surface area contributed by atoms with Gasteiger partial charge in [-0.25, -0.2) is 17.6 Å². The molecule has 1 amide bonds. The Labute approximate surface area is 206 Å². The highest BCUT2D eigenvalue weighted by atomic mass is 32.2. The highest BCUT2D eigenvalue weighted by Crippen LogP contribution is 2.41. The number of nitrogens with one attached hydrogen (secondary N) is 1. The van der Waals surface area contributed by atoms with E-state index in [0.717, 1.165) is 29.4 Å². The zero-order chi connectivity index (χ0) is 26.5. The van der Waals surface area contributed by atoms with E-state index in [2.05, 4.69) is 0 Å². The largest absolute Gasteiger partial charge is 0.380 e. The first-order valence-electron chi connectivity index (χ1n) is 11.4. The number of carbonyl (C=O) groups excluding carboxylic acids is 1. The highest BCUT2D eigenvalue weighted by Gasteiger charge is 2.60. The van der Waals surface area contributed by atoms with Crippen molar-refractivity contribution in [1.82, 2.24) is 13.9 Å². The third-order valence-corrected chi connectivity index (χ3v) is 8.37. The molecule has 0 unspecified atom stereocenters. The minimum Gasteiger partial charge on any atom is -0.380 e. The van der Waals surface area contributed by atoms with Crippen LogP contribution in [0.25, 0.3) is 11.1 Å². The smallest absolute Gasteiger partial charge is 0.283 e. The second kappa shape index (κ2) is 9.40. The van der Waals surface area contributed by atoms with Crippen LogP contribution >= 0.6 is 0 Å². The SMILES string of the molecule is CN(C)S(=O)(=O)N[C@@H]1[C@H](Cc2cccc(-c3cccc(F)c3)c2F)N(C(=O)C2(O)CCC2)CC1(F)F. The molecule has 196 valence electrons. The maximum absolute atomic E-state index is 15.6. The minimum absolute atomic E-state index is 0.0256. The van der Waals surface area contributed by atoms with Crippen LogP contribution in [-0.4, -0.2) is 72.9 Å². The maximum Gasteiger partial charge on any atom is 0.283 e. The zero-order valence-corrected chi connectivity index (χ0v) is 20.5. The summed E-state index contributed by atoms with van der Waals surface area (Å²) in [4.78, 5) is 13.9. The minimum atomic E-state index is -4.35. The first kappa shape index (κ1) is 26.5. The molecular formula is C24H27F4N3O4S. The molecule has 36 heavy (non-hydrogen) atoms. The van der Waals surface area contributed by atoms with Gasteiger partial charge >= 0.3 is 0 Å². The van der Waals surface area contributed by atoms with E-state index in [4.69, 9.17) is 0 Å². The average Bonchev–Trinajstić information content (AvgIpc) is 3.02. The van der Waals surface area contributed by atoms with Crippen LogP contribution in [0, 0.1) is 11.6 Å². The second-order valence-corrected chi connectivity index (χ2v) is 11.4. The summed E-state index contributed by atoms with van der Waals surface area (Å²) in [5, 5.41) is 10.6. The average molecular weight is 530 g/mol. The predicted molar refractivity (Wildman–Crippen MR) is 124 cm³/mol. The lowest BCUT2D eigenvalue weighted by atomic mass is 9.79. The fourth-order valence-corrected chi connectivity index (χ4v) is 5.48. The van der Waals surface area contributed by atoms with Gasteiger partial charge in [-0.3, -0.25) is 4.79 Å². The third kappa shape index (κ3) is 4.86. The lowest BCUT2D eigenvalue weighted by molar-refractivity contribution is -0.162. The molecule has 1 saturated heterocycles. The van der Waals surface area contributed by atoms with Crippen molar-refractivity contribution in [3.63, 3.8) is 0 Å². The van der Waals surface area contributed by atoms with Crippen molar-refractivity contribution in [2.75, 3.05) is 20.6 Å². The van der Waals surface area contributed by atoms with Crippen LogP contribution in [-0.2, 0) is 21.4 Å². The van der Waals surface area contributed by atoms with Crippen LogP contribution in [0.1, 0.15) is 24.8 Å². The Morgan fingerprint density at radius 1 is 1.17 bits per heavy atom. The van der Waals surface area contributed by atoms with Gasteiger partial charge in [0.05, 0.1) is 12.6 Å². The van der Waals surface area contributed by atoms with Crippen molar-refractivity contribution in [3.8, 4) is 11.1 Å². The number of amides is 1. The summed E-state index contributed by atoms with van der Waals surface area (Å²) in [6.07, 6.45) is 0.265. The van der Waals surface area contributed by atoms with E-state index in [0.29, 0.717) is 6.42 Å². The fraction of sp³-hybridized carbons (Fsp3) is 0.458. The number of carbonyl (C=O) groups is 1. The van der Waals surface area contributed by atoms with E-state index in [1.165, 1.54) is 36.4 Å². The number of alkyl halides is 2. The molecule has 2 fully saturated rings. The van der Waals surface area contributed by atoms with Gasteiger partial charge in [-0.15, -0.1) is 0 Å². The van der Waals surface area contributed by atoms with E-state index in [1.54, 1.807) is 0 Å². The van der Waals surface area contributed by atoms with Gasteiger partial charge < -0.3 is 10.0 Å². The standard InChI is InChI=1S/C24H27F4N3O4S/c1-30(2)36(34,35)29-21-19(31(14-24(21,27)28)22(32)23(33)10-5-11-23)13-16-7-4-9-18(20(16)26)15-6-3-8-17(25)12-15/h3-4,6-9,12,19,21,29,33H,5,10-11,13-14H2,1-2H3/t19-,21+/m0/s1. The molecule has 7 nitrogen and oxygen atoms in total. The summed E-state index contributed by atoms with van der Waals surface area (Å²) in [7, 11) is -2.03. The molecule has 1 aliphatic heterocycles. The summed E-state index contributed by atoms with van der Waals surface area (Å²) in [6.45, 7) is -1.13. The normalized spacial score (nSPS) is 23.1. The number of hydrogen-bond acceptors (Lipinski definition) is 4. The molecule has 1 heterocycles. The van der Waals surface area contributed by atoms with Crippen LogP contribution in [0.4, 0.5) is 17.6 Å². The molecule has 0 aromatic heterocycles. The summed E-state index contributed by atoms with van der Waals surface area (Å²) in [5.74, 6) is -6.02. The number of benzene rings is 2. The number of rotatable bonds is 7. The Hall–Kier alpha value is -2.54. The molecule has 0 spiro atoms.